The van der Waals surface area contributed by atoms with E-state index >= 15 is 0 Å². The second kappa shape index (κ2) is 9.89. The molecule has 0 radical (unpaired) electrons. The molecule has 1 aromatic heterocycles. The van der Waals surface area contributed by atoms with E-state index in [9.17, 15) is 8.78 Å². The summed E-state index contributed by atoms with van der Waals surface area (Å²) in [5.41, 5.74) is 0. The Labute approximate surface area is 138 Å². The zero-order valence-corrected chi connectivity index (χ0v) is 17.5. The van der Waals surface area contributed by atoms with Crippen LogP contribution in [0.4, 0.5) is 8.78 Å². The number of aryl methyl sites for hydroxylation is 1. The predicted octanol–water partition coefficient (Wildman–Crippen LogP) is 5.41. The van der Waals surface area contributed by atoms with Gasteiger partial charge in [-0.05, 0) is 0 Å². The van der Waals surface area contributed by atoms with Crippen molar-refractivity contribution in [3.05, 3.63) is 12.0 Å². The van der Waals surface area contributed by atoms with Crippen LogP contribution in [-0.2, 0) is 7.05 Å². The second-order valence-corrected chi connectivity index (χ2v) is 19.5. The summed E-state index contributed by atoms with van der Waals surface area (Å²) in [4.78, 5) is 4.45. The first-order chi connectivity index (χ1) is 10.5. The number of halogens is 2. The van der Waals surface area contributed by atoms with Gasteiger partial charge in [0.05, 0.1) is 0 Å². The molecule has 0 bridgehead atoms. The fraction of sp³-hybridized carbons (Fsp3) is 0.824. The Hall–Kier alpha value is -0.131. The van der Waals surface area contributed by atoms with Crippen LogP contribution in [0, 0.1) is 0 Å². The normalized spacial score (nSPS) is 12.3. The van der Waals surface area contributed by atoms with Crippen LogP contribution in [0.25, 0.3) is 0 Å². The van der Waals surface area contributed by atoms with Crippen LogP contribution in [0.2, 0.25) is 13.3 Å². The number of imidazole rings is 1. The van der Waals surface area contributed by atoms with Gasteiger partial charge < -0.3 is 0 Å². The van der Waals surface area contributed by atoms with Crippen molar-refractivity contribution in [2.24, 2.45) is 7.05 Å². The van der Waals surface area contributed by atoms with E-state index < -0.39 is 24.8 Å². The molecule has 0 fully saturated rings. The molecule has 0 aliphatic carbocycles. The van der Waals surface area contributed by atoms with Crippen molar-refractivity contribution in [1.29, 1.82) is 0 Å². The van der Waals surface area contributed by atoms with E-state index in [1.807, 2.05) is 6.20 Å². The summed E-state index contributed by atoms with van der Waals surface area (Å²) in [5, 5.41) is 0. The Kier molecular flexibility index (Phi) is 8.95. The van der Waals surface area contributed by atoms with E-state index in [1.165, 1.54) is 51.8 Å². The van der Waals surface area contributed by atoms with Crippen molar-refractivity contribution >= 4 is 22.1 Å². The summed E-state index contributed by atoms with van der Waals surface area (Å²) in [7, 11) is 1.72. The molecule has 0 spiro atoms. The van der Waals surface area contributed by atoms with Gasteiger partial charge in [0.15, 0.2) is 0 Å². The molecule has 1 rings (SSSR count). The van der Waals surface area contributed by atoms with Crippen molar-refractivity contribution < 1.29 is 8.78 Å². The summed E-state index contributed by atoms with van der Waals surface area (Å²) >= 11 is -2.64. The van der Waals surface area contributed by atoms with Gasteiger partial charge >= 0.3 is 139 Å². The Bertz CT molecular complexity index is 411. The molecule has 0 amide bonds. The van der Waals surface area contributed by atoms with E-state index in [0.29, 0.717) is 0 Å². The fourth-order valence-corrected chi connectivity index (χ4v) is 18.7. The van der Waals surface area contributed by atoms with Crippen LogP contribution in [0.5, 0.6) is 0 Å². The Morgan fingerprint density at radius 2 is 1.45 bits per heavy atom. The molecule has 0 saturated heterocycles. The molecule has 2 nitrogen and oxygen atoms in total. The molecule has 128 valence electrons. The Balaban J connectivity index is 3.15. The van der Waals surface area contributed by atoms with Gasteiger partial charge in [-0.3, -0.25) is 0 Å². The summed E-state index contributed by atoms with van der Waals surface area (Å²) in [5.74, 6) is -0.0411. The van der Waals surface area contributed by atoms with Crippen LogP contribution < -0.4 is 3.71 Å². The monoisotopic (exact) mass is 422 g/mol. The Morgan fingerprint density at radius 1 is 1.00 bits per heavy atom. The molecular formula is C17H32F2N2Sn. The maximum absolute atomic E-state index is 13.1. The van der Waals surface area contributed by atoms with Gasteiger partial charge in [0, 0.05) is 0 Å². The number of aromatic nitrogens is 2. The molecule has 0 aliphatic heterocycles. The number of unbranched alkanes of at least 4 members (excludes halogenated alkanes) is 3. The molecule has 0 aromatic carbocycles. The first kappa shape index (κ1) is 19.9. The van der Waals surface area contributed by atoms with E-state index in [2.05, 4.69) is 25.8 Å². The molecule has 1 aromatic rings. The molecular weight excluding hydrogens is 389 g/mol. The van der Waals surface area contributed by atoms with Gasteiger partial charge in [-0.1, -0.05) is 0 Å². The van der Waals surface area contributed by atoms with Crippen molar-refractivity contribution in [2.45, 2.75) is 79.0 Å². The van der Waals surface area contributed by atoms with Crippen LogP contribution in [0.3, 0.4) is 0 Å². The summed E-state index contributed by atoms with van der Waals surface area (Å²) in [6, 6.07) is 0. The van der Waals surface area contributed by atoms with Crippen molar-refractivity contribution in [1.82, 2.24) is 9.55 Å². The number of nitrogens with zero attached hydrogens (tertiary/aromatic N) is 2. The summed E-state index contributed by atoms with van der Waals surface area (Å²) in [6.45, 7) is 6.66. The molecule has 0 saturated carbocycles. The first-order valence-electron chi connectivity index (χ1n) is 8.82. The maximum atomic E-state index is 13.1. The van der Waals surface area contributed by atoms with Crippen LogP contribution >= 0.6 is 0 Å². The summed E-state index contributed by atoms with van der Waals surface area (Å²) in [6.07, 6.45) is 6.71. The van der Waals surface area contributed by atoms with Crippen molar-refractivity contribution in [3.63, 3.8) is 0 Å². The number of rotatable bonds is 11. The van der Waals surface area contributed by atoms with Crippen LogP contribution in [0.1, 0.15) is 71.5 Å². The third kappa shape index (κ3) is 5.20. The Morgan fingerprint density at radius 3 is 1.77 bits per heavy atom. The molecule has 22 heavy (non-hydrogen) atoms. The SMILES string of the molecule is CCC[CH2][Sn]([CH2]CCC)([CH2]CCC)[c]1cn(C)c(C(F)F)n1. The topological polar surface area (TPSA) is 17.8 Å². The molecule has 0 unspecified atom stereocenters. The summed E-state index contributed by atoms with van der Waals surface area (Å²) < 4.78 is 32.7. The van der Waals surface area contributed by atoms with Gasteiger partial charge in [0.2, 0.25) is 0 Å². The van der Waals surface area contributed by atoms with Gasteiger partial charge in [-0.25, -0.2) is 0 Å². The minimum absolute atomic E-state index is 0.0411. The zero-order valence-electron chi connectivity index (χ0n) is 14.7. The van der Waals surface area contributed by atoms with E-state index in [4.69, 9.17) is 0 Å². The number of hydrogen-bond donors (Lipinski definition) is 0. The van der Waals surface area contributed by atoms with Gasteiger partial charge in [0.25, 0.3) is 0 Å². The van der Waals surface area contributed by atoms with E-state index in [0.717, 1.165) is 3.71 Å². The van der Waals surface area contributed by atoms with Crippen molar-refractivity contribution in [3.8, 4) is 0 Å². The van der Waals surface area contributed by atoms with E-state index in [-0.39, 0.29) is 5.82 Å². The third-order valence-electron chi connectivity index (χ3n) is 4.68. The third-order valence-corrected chi connectivity index (χ3v) is 19.7. The molecule has 0 N–H and O–H groups in total. The quantitative estimate of drug-likeness (QED) is 0.437. The predicted molar refractivity (Wildman–Crippen MR) is 92.7 cm³/mol. The standard InChI is InChI=1S/C5H5F2N2.3C4H9.Sn/c1-9-3-2-8-5(9)4(6)7;3*1-3-4-2;/h3-4H,1H3;3*1,3-4H2,2H3;. The molecule has 5 heteroatoms. The van der Waals surface area contributed by atoms with Crippen LogP contribution in [0.15, 0.2) is 6.20 Å². The molecule has 0 aliphatic rings. The molecule has 0 atom stereocenters. The average molecular weight is 421 g/mol. The zero-order chi connectivity index (χ0) is 16.6. The average Bonchev–Trinajstić information content (AvgIpc) is 2.89. The molecule has 1 heterocycles. The number of hydrogen-bond acceptors (Lipinski definition) is 1. The van der Waals surface area contributed by atoms with Gasteiger partial charge in [0.1, 0.15) is 0 Å². The first-order valence-corrected chi connectivity index (χ1v) is 16.3. The van der Waals surface area contributed by atoms with Gasteiger partial charge in [-0.15, -0.1) is 0 Å². The van der Waals surface area contributed by atoms with Gasteiger partial charge in [-0.2, -0.15) is 0 Å². The van der Waals surface area contributed by atoms with Crippen LogP contribution in [-0.4, -0.2) is 27.9 Å². The minimum atomic E-state index is -2.64. The second-order valence-electron chi connectivity index (χ2n) is 6.49. The fourth-order valence-electron chi connectivity index (χ4n) is 3.24. The number of alkyl halides is 2. The van der Waals surface area contributed by atoms with E-state index in [1.54, 1.807) is 11.6 Å². The van der Waals surface area contributed by atoms with Crippen molar-refractivity contribution in [2.75, 3.05) is 0 Å².